The van der Waals surface area contributed by atoms with Crippen LogP contribution >= 0.6 is 27.5 Å². The summed E-state index contributed by atoms with van der Waals surface area (Å²) in [7, 11) is 2.50. The molecule has 1 aliphatic rings. The van der Waals surface area contributed by atoms with Gasteiger partial charge in [-0.1, -0.05) is 17.7 Å². The van der Waals surface area contributed by atoms with Crippen molar-refractivity contribution in [2.45, 2.75) is 13.8 Å². The predicted molar refractivity (Wildman–Crippen MR) is 100 cm³/mol. The van der Waals surface area contributed by atoms with Crippen LogP contribution in [0.5, 0.6) is 0 Å². The number of aryl methyl sites for hydroxylation is 1. The molecule has 5 nitrogen and oxygen atoms in total. The van der Waals surface area contributed by atoms with Gasteiger partial charge in [-0.2, -0.15) is 0 Å². The SMILES string of the molecule is COC(=O)C1=C(C(=O)OC)N(c2c(Cl)cc(C)c(C)c2Br)C=CC=C1. The Hall–Kier alpha value is -2.05. The first kappa shape index (κ1) is 19.3. The van der Waals surface area contributed by atoms with Gasteiger partial charge in [0.15, 0.2) is 0 Å². The van der Waals surface area contributed by atoms with Crippen LogP contribution in [0.4, 0.5) is 5.69 Å². The monoisotopic (exact) mass is 425 g/mol. The standard InChI is InChI=1S/C18H17BrClNO4/c1-10-9-13(20)16(14(19)11(10)2)21-8-6-5-7-12(17(22)24-3)15(21)18(23)25-4/h5-9H,1-4H3. The van der Waals surface area contributed by atoms with Gasteiger partial charge in [0.1, 0.15) is 5.70 Å². The Balaban J connectivity index is 2.81. The van der Waals surface area contributed by atoms with Crippen molar-refractivity contribution in [1.82, 2.24) is 0 Å². The number of carbonyl (C=O) groups excluding carboxylic acids is 2. The van der Waals surface area contributed by atoms with Crippen LogP contribution in [-0.2, 0) is 19.1 Å². The van der Waals surface area contributed by atoms with E-state index in [0.29, 0.717) is 10.7 Å². The molecule has 0 N–H and O–H groups in total. The number of nitrogens with zero attached hydrogens (tertiary/aromatic N) is 1. The third-order valence-corrected chi connectivity index (χ3v) is 5.09. The lowest BCUT2D eigenvalue weighted by atomic mass is 10.1. The highest BCUT2D eigenvalue weighted by Crippen LogP contribution is 2.41. The zero-order chi connectivity index (χ0) is 18.7. The van der Waals surface area contributed by atoms with Gasteiger partial charge in [-0.05, 0) is 59.1 Å². The fraction of sp³-hybridized carbons (Fsp3) is 0.222. The van der Waals surface area contributed by atoms with Crippen LogP contribution < -0.4 is 4.90 Å². The first-order valence-corrected chi connectivity index (χ1v) is 8.50. The molecule has 0 saturated carbocycles. The van der Waals surface area contributed by atoms with Gasteiger partial charge in [0.05, 0.1) is 30.5 Å². The number of benzene rings is 1. The minimum Gasteiger partial charge on any atom is -0.465 e. The van der Waals surface area contributed by atoms with Crippen molar-refractivity contribution in [2.75, 3.05) is 19.1 Å². The van der Waals surface area contributed by atoms with Gasteiger partial charge in [0, 0.05) is 10.7 Å². The smallest absolute Gasteiger partial charge is 0.355 e. The van der Waals surface area contributed by atoms with E-state index >= 15 is 0 Å². The predicted octanol–water partition coefficient (Wildman–Crippen LogP) is 4.21. The lowest BCUT2D eigenvalue weighted by Crippen LogP contribution is -2.27. The average Bonchev–Trinajstić information content (AvgIpc) is 2.81. The van der Waals surface area contributed by atoms with E-state index < -0.39 is 11.9 Å². The molecule has 0 aliphatic carbocycles. The van der Waals surface area contributed by atoms with Crippen LogP contribution in [0.25, 0.3) is 0 Å². The number of allylic oxidation sites excluding steroid dienone is 2. The molecule has 0 fully saturated rings. The van der Waals surface area contributed by atoms with Gasteiger partial charge in [-0.3, -0.25) is 0 Å². The number of carbonyl (C=O) groups is 2. The van der Waals surface area contributed by atoms with E-state index in [2.05, 4.69) is 15.9 Å². The third kappa shape index (κ3) is 3.65. The third-order valence-electron chi connectivity index (χ3n) is 3.83. The summed E-state index contributed by atoms with van der Waals surface area (Å²) < 4.78 is 10.4. The first-order chi connectivity index (χ1) is 11.8. The minimum atomic E-state index is -0.683. The molecule has 1 aromatic rings. The number of methoxy groups -OCH3 is 2. The van der Waals surface area contributed by atoms with Crippen molar-refractivity contribution in [3.05, 3.63) is 62.4 Å². The summed E-state index contributed by atoms with van der Waals surface area (Å²) >= 11 is 10.00. The largest absolute Gasteiger partial charge is 0.465 e. The molecule has 1 aliphatic heterocycles. The van der Waals surface area contributed by atoms with Crippen molar-refractivity contribution in [3.8, 4) is 0 Å². The Morgan fingerprint density at radius 3 is 2.36 bits per heavy atom. The van der Waals surface area contributed by atoms with Crippen LogP contribution in [-0.4, -0.2) is 26.2 Å². The van der Waals surface area contributed by atoms with E-state index in [1.54, 1.807) is 24.4 Å². The number of rotatable bonds is 3. The van der Waals surface area contributed by atoms with E-state index in [1.165, 1.54) is 25.2 Å². The van der Waals surface area contributed by atoms with Crippen molar-refractivity contribution in [1.29, 1.82) is 0 Å². The lowest BCUT2D eigenvalue weighted by Gasteiger charge is -2.26. The summed E-state index contributed by atoms with van der Waals surface area (Å²) in [6.07, 6.45) is 6.46. The van der Waals surface area contributed by atoms with Gasteiger partial charge in [0.25, 0.3) is 0 Å². The van der Waals surface area contributed by atoms with Crippen LogP contribution in [0.2, 0.25) is 5.02 Å². The molecule has 0 unspecified atom stereocenters. The number of ether oxygens (including phenoxy) is 2. The lowest BCUT2D eigenvalue weighted by molar-refractivity contribution is -0.139. The second-order valence-electron chi connectivity index (χ2n) is 5.28. The average molecular weight is 427 g/mol. The van der Waals surface area contributed by atoms with Crippen LogP contribution in [0, 0.1) is 13.8 Å². The molecule has 0 bridgehead atoms. The molecule has 0 radical (unpaired) electrons. The summed E-state index contributed by atoms with van der Waals surface area (Å²) in [4.78, 5) is 26.2. The summed E-state index contributed by atoms with van der Waals surface area (Å²) in [5.41, 5.74) is 2.58. The zero-order valence-electron chi connectivity index (χ0n) is 14.2. The van der Waals surface area contributed by atoms with Crippen LogP contribution in [0.1, 0.15) is 11.1 Å². The van der Waals surface area contributed by atoms with Gasteiger partial charge in [-0.25, -0.2) is 9.59 Å². The molecule has 0 saturated heterocycles. The molecule has 0 spiro atoms. The number of hydrogen-bond donors (Lipinski definition) is 0. The molecule has 132 valence electrons. The molecular weight excluding hydrogens is 410 g/mol. The number of anilines is 1. The molecule has 0 aromatic heterocycles. The maximum atomic E-state index is 12.5. The maximum absolute atomic E-state index is 12.5. The van der Waals surface area contributed by atoms with Crippen molar-refractivity contribution < 1.29 is 19.1 Å². The highest BCUT2D eigenvalue weighted by atomic mass is 79.9. The molecule has 2 rings (SSSR count). The van der Waals surface area contributed by atoms with E-state index in [0.717, 1.165) is 15.6 Å². The molecule has 25 heavy (non-hydrogen) atoms. The van der Waals surface area contributed by atoms with Crippen molar-refractivity contribution >= 4 is 45.2 Å². The Kier molecular flexibility index (Phi) is 6.08. The minimum absolute atomic E-state index is 0.0187. The second-order valence-corrected chi connectivity index (χ2v) is 6.48. The zero-order valence-corrected chi connectivity index (χ0v) is 16.6. The second kappa shape index (κ2) is 7.89. The van der Waals surface area contributed by atoms with E-state index in [4.69, 9.17) is 21.1 Å². The van der Waals surface area contributed by atoms with Gasteiger partial charge < -0.3 is 14.4 Å². The highest BCUT2D eigenvalue weighted by Gasteiger charge is 2.30. The van der Waals surface area contributed by atoms with E-state index in [9.17, 15) is 9.59 Å². The molecule has 0 atom stereocenters. The fourth-order valence-corrected chi connectivity index (χ4v) is 3.56. The summed E-state index contributed by atoms with van der Waals surface area (Å²) in [6.45, 7) is 3.87. The van der Waals surface area contributed by atoms with Crippen molar-refractivity contribution in [2.24, 2.45) is 0 Å². The molecule has 1 heterocycles. The topological polar surface area (TPSA) is 55.8 Å². The van der Waals surface area contributed by atoms with Gasteiger partial charge in [0.2, 0.25) is 0 Å². The molecule has 7 heteroatoms. The number of esters is 2. The normalized spacial score (nSPS) is 13.8. The Bertz CT molecular complexity index is 827. The van der Waals surface area contributed by atoms with Crippen LogP contribution in [0.3, 0.4) is 0 Å². The molecular formula is C18H17BrClNO4. The summed E-state index contributed by atoms with van der Waals surface area (Å²) in [5.74, 6) is -1.33. The van der Waals surface area contributed by atoms with Crippen molar-refractivity contribution in [3.63, 3.8) is 0 Å². The quantitative estimate of drug-likeness (QED) is 0.678. The summed E-state index contributed by atoms with van der Waals surface area (Å²) in [6, 6.07) is 1.80. The van der Waals surface area contributed by atoms with Crippen LogP contribution in [0.15, 0.2) is 46.2 Å². The number of halogens is 2. The fourth-order valence-electron chi connectivity index (χ4n) is 2.38. The Morgan fingerprint density at radius 1 is 1.12 bits per heavy atom. The Morgan fingerprint density at radius 2 is 1.76 bits per heavy atom. The Labute approximate surface area is 159 Å². The van der Waals surface area contributed by atoms with Gasteiger partial charge >= 0.3 is 11.9 Å². The molecule has 0 amide bonds. The number of hydrogen-bond acceptors (Lipinski definition) is 5. The maximum Gasteiger partial charge on any atom is 0.355 e. The van der Waals surface area contributed by atoms with E-state index in [1.807, 2.05) is 13.8 Å². The summed E-state index contributed by atoms with van der Waals surface area (Å²) in [5, 5.41) is 0.423. The van der Waals surface area contributed by atoms with Gasteiger partial charge in [-0.15, -0.1) is 0 Å². The molecule has 1 aromatic carbocycles. The first-order valence-electron chi connectivity index (χ1n) is 7.33. The van der Waals surface area contributed by atoms with E-state index in [-0.39, 0.29) is 11.3 Å². The highest BCUT2D eigenvalue weighted by molar-refractivity contribution is 9.10.